The van der Waals surface area contributed by atoms with Gasteiger partial charge in [0.1, 0.15) is 18.4 Å². The Labute approximate surface area is 142 Å². The van der Waals surface area contributed by atoms with Crippen molar-refractivity contribution in [2.45, 2.75) is 6.04 Å². The highest BCUT2D eigenvalue weighted by Crippen LogP contribution is 2.14. The minimum absolute atomic E-state index is 0. The number of likely N-dealkylation sites (N-methyl/N-ethyl adjacent to an activating group) is 2. The lowest BCUT2D eigenvalue weighted by Gasteiger charge is -2.23. The smallest absolute Gasteiger partial charge is 0.244 e. The van der Waals surface area contributed by atoms with Crippen LogP contribution in [0.15, 0.2) is 42.7 Å². The normalized spacial score (nSPS) is 11.4. The molecule has 0 radical (unpaired) electrons. The molecule has 0 fully saturated rings. The molecule has 1 heterocycles. The highest BCUT2D eigenvalue weighted by atomic mass is 35.5. The first-order valence-electron chi connectivity index (χ1n) is 7.20. The number of nitrogens with one attached hydrogen (secondary N) is 1. The average Bonchev–Trinajstić information content (AvgIpc) is 2.95. The second-order valence-corrected chi connectivity index (χ2v) is 5.09. The topological polar surface area (TPSA) is 59.4 Å². The number of ether oxygens (including phenoxy) is 1. The molecule has 23 heavy (non-hydrogen) atoms. The van der Waals surface area contributed by atoms with E-state index < -0.39 is 6.04 Å². The Bertz CT molecular complexity index is 603. The average molecular weight is 339 g/mol. The third kappa shape index (κ3) is 5.26. The van der Waals surface area contributed by atoms with E-state index >= 15 is 0 Å². The Balaban J connectivity index is 0.00000264. The van der Waals surface area contributed by atoms with E-state index in [-0.39, 0.29) is 18.3 Å². The molecule has 0 aliphatic rings. The van der Waals surface area contributed by atoms with E-state index in [4.69, 9.17) is 4.74 Å². The number of hydrogen-bond acceptors (Lipinski definition) is 4. The van der Waals surface area contributed by atoms with Gasteiger partial charge in [-0.3, -0.25) is 9.48 Å². The molecule has 2 aromatic rings. The Morgan fingerprint density at radius 2 is 2.09 bits per heavy atom. The summed E-state index contributed by atoms with van der Waals surface area (Å²) in [6.45, 7) is 0.974. The number of benzene rings is 1. The summed E-state index contributed by atoms with van der Waals surface area (Å²) < 4.78 is 7.31. The van der Waals surface area contributed by atoms with Crippen LogP contribution in [0.4, 0.5) is 0 Å². The molecule has 0 aliphatic heterocycles. The van der Waals surface area contributed by atoms with Crippen molar-refractivity contribution in [1.29, 1.82) is 0 Å². The second-order valence-electron chi connectivity index (χ2n) is 5.09. The Morgan fingerprint density at radius 1 is 1.39 bits per heavy atom. The third-order valence-electron chi connectivity index (χ3n) is 3.41. The van der Waals surface area contributed by atoms with E-state index in [1.54, 1.807) is 29.9 Å². The monoisotopic (exact) mass is 338 g/mol. The summed E-state index contributed by atoms with van der Waals surface area (Å²) in [6.07, 6.45) is 3.54. The van der Waals surface area contributed by atoms with Gasteiger partial charge in [0, 0.05) is 25.9 Å². The van der Waals surface area contributed by atoms with Crippen LogP contribution in [-0.4, -0.2) is 47.8 Å². The predicted molar refractivity (Wildman–Crippen MR) is 91.8 cm³/mol. The molecule has 7 heteroatoms. The first-order chi connectivity index (χ1) is 10.6. The van der Waals surface area contributed by atoms with E-state index in [1.807, 2.05) is 43.6 Å². The van der Waals surface area contributed by atoms with Crippen molar-refractivity contribution >= 4 is 18.3 Å². The number of rotatable bonds is 7. The molecular formula is C16H23ClN4O2. The zero-order chi connectivity index (χ0) is 15.9. The summed E-state index contributed by atoms with van der Waals surface area (Å²) in [4.78, 5) is 14.2. The molecule has 0 saturated heterocycles. The third-order valence-corrected chi connectivity index (χ3v) is 3.41. The molecule has 126 valence electrons. The molecular weight excluding hydrogens is 316 g/mol. The van der Waals surface area contributed by atoms with Gasteiger partial charge in [0.2, 0.25) is 5.91 Å². The molecule has 1 amide bonds. The summed E-state index contributed by atoms with van der Waals surface area (Å²) in [5, 5.41) is 7.15. The summed E-state index contributed by atoms with van der Waals surface area (Å²) in [5.41, 5.74) is 0.853. The fraction of sp³-hybridized carbons (Fsp3) is 0.375. The number of carbonyl (C=O) groups excluding carboxylic acids is 1. The molecule has 2 rings (SSSR count). The van der Waals surface area contributed by atoms with Crippen molar-refractivity contribution in [3.8, 4) is 5.75 Å². The van der Waals surface area contributed by atoms with Gasteiger partial charge in [-0.1, -0.05) is 18.2 Å². The van der Waals surface area contributed by atoms with Crippen LogP contribution in [0.25, 0.3) is 0 Å². The van der Waals surface area contributed by atoms with Crippen LogP contribution in [0.5, 0.6) is 5.75 Å². The van der Waals surface area contributed by atoms with Gasteiger partial charge >= 0.3 is 0 Å². The van der Waals surface area contributed by atoms with E-state index in [2.05, 4.69) is 10.4 Å². The SMILES string of the molecule is CNC(C(=O)N(C)CCOc1ccccc1)c1cnn(C)c1.Cl. The van der Waals surface area contributed by atoms with Crippen molar-refractivity contribution in [2.24, 2.45) is 7.05 Å². The number of aryl methyl sites for hydroxylation is 1. The molecule has 1 aromatic carbocycles. The minimum atomic E-state index is -0.393. The summed E-state index contributed by atoms with van der Waals surface area (Å²) in [5.74, 6) is 0.799. The Kier molecular flexibility index (Phi) is 7.57. The van der Waals surface area contributed by atoms with Crippen molar-refractivity contribution in [3.63, 3.8) is 0 Å². The van der Waals surface area contributed by atoms with Crippen LogP contribution in [-0.2, 0) is 11.8 Å². The number of amides is 1. The molecule has 1 atom stereocenters. The van der Waals surface area contributed by atoms with Crippen LogP contribution in [0.2, 0.25) is 0 Å². The van der Waals surface area contributed by atoms with E-state index in [0.29, 0.717) is 13.2 Å². The van der Waals surface area contributed by atoms with E-state index in [0.717, 1.165) is 11.3 Å². The zero-order valence-electron chi connectivity index (χ0n) is 13.6. The van der Waals surface area contributed by atoms with Gasteiger partial charge in [-0.25, -0.2) is 0 Å². The van der Waals surface area contributed by atoms with Gasteiger partial charge in [0.15, 0.2) is 0 Å². The predicted octanol–water partition coefficient (Wildman–Crippen LogP) is 1.64. The Morgan fingerprint density at radius 3 is 2.65 bits per heavy atom. The first-order valence-corrected chi connectivity index (χ1v) is 7.20. The van der Waals surface area contributed by atoms with Crippen molar-refractivity contribution in [2.75, 3.05) is 27.2 Å². The molecule has 0 saturated carbocycles. The highest BCUT2D eigenvalue weighted by molar-refractivity contribution is 5.85. The van der Waals surface area contributed by atoms with Gasteiger partial charge in [-0.05, 0) is 19.2 Å². The summed E-state index contributed by atoms with van der Waals surface area (Å²) >= 11 is 0. The number of hydrogen-bond donors (Lipinski definition) is 1. The summed E-state index contributed by atoms with van der Waals surface area (Å²) in [7, 11) is 5.37. The fourth-order valence-electron chi connectivity index (χ4n) is 2.17. The Hall–Kier alpha value is -2.05. The van der Waals surface area contributed by atoms with Gasteiger partial charge < -0.3 is 15.0 Å². The molecule has 0 spiro atoms. The van der Waals surface area contributed by atoms with Crippen molar-refractivity contribution in [1.82, 2.24) is 20.0 Å². The number of aromatic nitrogens is 2. The molecule has 1 unspecified atom stereocenters. The number of carbonyl (C=O) groups is 1. The maximum Gasteiger partial charge on any atom is 0.244 e. The van der Waals surface area contributed by atoms with Crippen molar-refractivity contribution in [3.05, 3.63) is 48.3 Å². The number of para-hydroxylation sites is 1. The lowest BCUT2D eigenvalue weighted by molar-refractivity contribution is -0.132. The summed E-state index contributed by atoms with van der Waals surface area (Å²) in [6, 6.07) is 9.18. The van der Waals surface area contributed by atoms with Gasteiger partial charge in [0.25, 0.3) is 0 Å². The van der Waals surface area contributed by atoms with Crippen LogP contribution < -0.4 is 10.1 Å². The lowest BCUT2D eigenvalue weighted by Crippen LogP contribution is -2.39. The van der Waals surface area contributed by atoms with Crippen molar-refractivity contribution < 1.29 is 9.53 Å². The second kappa shape index (κ2) is 9.17. The maximum atomic E-state index is 12.5. The van der Waals surface area contributed by atoms with E-state index in [9.17, 15) is 4.79 Å². The number of halogens is 1. The minimum Gasteiger partial charge on any atom is -0.492 e. The van der Waals surface area contributed by atoms with Crippen LogP contribution >= 0.6 is 12.4 Å². The molecule has 6 nitrogen and oxygen atoms in total. The first kappa shape index (κ1) is 19.0. The highest BCUT2D eigenvalue weighted by Gasteiger charge is 2.23. The van der Waals surface area contributed by atoms with E-state index in [1.165, 1.54) is 0 Å². The molecule has 0 bridgehead atoms. The molecule has 1 aromatic heterocycles. The lowest BCUT2D eigenvalue weighted by atomic mass is 10.1. The molecule has 0 aliphatic carbocycles. The number of nitrogens with zero attached hydrogens (tertiary/aromatic N) is 3. The van der Waals surface area contributed by atoms with Gasteiger partial charge in [-0.15, -0.1) is 12.4 Å². The van der Waals surface area contributed by atoms with Crippen LogP contribution in [0.1, 0.15) is 11.6 Å². The van der Waals surface area contributed by atoms with Gasteiger partial charge in [-0.2, -0.15) is 5.10 Å². The van der Waals surface area contributed by atoms with Crippen LogP contribution in [0, 0.1) is 0 Å². The largest absolute Gasteiger partial charge is 0.492 e. The maximum absolute atomic E-state index is 12.5. The zero-order valence-corrected chi connectivity index (χ0v) is 14.4. The quantitative estimate of drug-likeness (QED) is 0.833. The fourth-order valence-corrected chi connectivity index (χ4v) is 2.17. The van der Waals surface area contributed by atoms with Crippen LogP contribution in [0.3, 0.4) is 0 Å². The standard InChI is InChI=1S/C16H22N4O2.ClH/c1-17-15(13-11-18-20(3)12-13)16(21)19(2)9-10-22-14-7-5-4-6-8-14;/h4-8,11-12,15,17H,9-10H2,1-3H3;1H. The molecule has 1 N–H and O–H groups in total. The van der Waals surface area contributed by atoms with Gasteiger partial charge in [0.05, 0.1) is 12.7 Å².